The van der Waals surface area contributed by atoms with E-state index in [1.165, 1.54) is 0 Å². The van der Waals surface area contributed by atoms with Gasteiger partial charge in [-0.05, 0) is 38.1 Å². The molecule has 0 N–H and O–H groups in total. The van der Waals surface area contributed by atoms with Gasteiger partial charge < -0.3 is 14.4 Å². The molecule has 0 aliphatic carbocycles. The van der Waals surface area contributed by atoms with Gasteiger partial charge in [0, 0.05) is 44.2 Å². The highest BCUT2D eigenvalue weighted by Crippen LogP contribution is 2.20. The van der Waals surface area contributed by atoms with Crippen molar-refractivity contribution in [3.05, 3.63) is 29.8 Å². The van der Waals surface area contributed by atoms with Gasteiger partial charge in [0.25, 0.3) is 5.91 Å². The van der Waals surface area contributed by atoms with Crippen molar-refractivity contribution in [3.8, 4) is 5.75 Å². The molecule has 2 fully saturated rings. The quantitative estimate of drug-likeness (QED) is 0.780. The van der Waals surface area contributed by atoms with Crippen LogP contribution < -0.4 is 4.74 Å². The number of ether oxygens (including phenoxy) is 2. The summed E-state index contributed by atoms with van der Waals surface area (Å²) in [5, 5.41) is 0. The zero-order valence-corrected chi connectivity index (χ0v) is 14.9. The van der Waals surface area contributed by atoms with Crippen LogP contribution in [0, 0.1) is 0 Å². The molecule has 2 saturated heterocycles. The maximum Gasteiger partial charge on any atom is 0.309 e. The van der Waals surface area contributed by atoms with Crippen molar-refractivity contribution in [1.29, 1.82) is 0 Å². The summed E-state index contributed by atoms with van der Waals surface area (Å²) < 4.78 is 10.7. The summed E-state index contributed by atoms with van der Waals surface area (Å²) in [6.07, 6.45) is 0.833. The third kappa shape index (κ3) is 4.51. The molecule has 25 heavy (non-hydrogen) atoms. The molecule has 2 heterocycles. The van der Waals surface area contributed by atoms with Crippen LogP contribution in [0.5, 0.6) is 5.75 Å². The van der Waals surface area contributed by atoms with Gasteiger partial charge in [-0.25, -0.2) is 0 Å². The smallest absolute Gasteiger partial charge is 0.309 e. The van der Waals surface area contributed by atoms with Crippen LogP contribution in [-0.2, 0) is 9.53 Å². The normalized spacial score (nSPS) is 22.0. The Morgan fingerprint density at radius 3 is 2.44 bits per heavy atom. The monoisotopic (exact) mass is 346 g/mol. The molecule has 0 radical (unpaired) electrons. The maximum absolute atomic E-state index is 12.6. The minimum Gasteiger partial charge on any atom is -0.490 e. The number of benzene rings is 1. The van der Waals surface area contributed by atoms with Crippen molar-refractivity contribution in [2.24, 2.45) is 0 Å². The van der Waals surface area contributed by atoms with Gasteiger partial charge in [0.2, 0.25) is 0 Å². The van der Waals surface area contributed by atoms with E-state index < -0.39 is 0 Å². The van der Waals surface area contributed by atoms with Gasteiger partial charge in [0.15, 0.2) is 0 Å². The summed E-state index contributed by atoms with van der Waals surface area (Å²) in [4.78, 5) is 28.2. The van der Waals surface area contributed by atoms with Gasteiger partial charge in [-0.3, -0.25) is 14.5 Å². The maximum atomic E-state index is 12.6. The fraction of sp³-hybridized carbons (Fsp3) is 0.579. The molecule has 3 rings (SSSR count). The molecule has 0 aromatic heterocycles. The number of amides is 1. The van der Waals surface area contributed by atoms with E-state index in [0.29, 0.717) is 30.4 Å². The van der Waals surface area contributed by atoms with Crippen LogP contribution in [0.3, 0.4) is 0 Å². The first kappa shape index (κ1) is 17.7. The lowest BCUT2D eigenvalue weighted by atomic mass is 10.1. The Balaban J connectivity index is 1.55. The second-order valence-electron chi connectivity index (χ2n) is 6.90. The highest BCUT2D eigenvalue weighted by Gasteiger charge is 2.24. The first-order valence-electron chi connectivity index (χ1n) is 8.98. The number of nitrogens with zero attached hydrogens (tertiary/aromatic N) is 2. The van der Waals surface area contributed by atoms with Crippen LogP contribution in [0.25, 0.3) is 0 Å². The largest absolute Gasteiger partial charge is 0.490 e. The molecule has 1 amide bonds. The van der Waals surface area contributed by atoms with E-state index in [-0.39, 0.29) is 24.4 Å². The van der Waals surface area contributed by atoms with Crippen LogP contribution in [0.4, 0.5) is 0 Å². The van der Waals surface area contributed by atoms with Gasteiger partial charge in [-0.2, -0.15) is 0 Å². The summed E-state index contributed by atoms with van der Waals surface area (Å²) in [5.41, 5.74) is 0.674. The van der Waals surface area contributed by atoms with E-state index in [1.807, 2.05) is 4.90 Å². The van der Waals surface area contributed by atoms with Crippen molar-refractivity contribution in [2.75, 3.05) is 32.8 Å². The number of piperazine rings is 1. The minimum atomic E-state index is -0.219. The fourth-order valence-corrected chi connectivity index (χ4v) is 3.24. The van der Waals surface area contributed by atoms with Crippen LogP contribution in [0.1, 0.15) is 37.0 Å². The van der Waals surface area contributed by atoms with E-state index >= 15 is 0 Å². The Morgan fingerprint density at radius 2 is 1.84 bits per heavy atom. The first-order valence-corrected chi connectivity index (χ1v) is 8.98. The number of rotatable bonds is 4. The lowest BCUT2D eigenvalue weighted by Crippen LogP contribution is -2.50. The Morgan fingerprint density at radius 1 is 1.16 bits per heavy atom. The third-order valence-electron chi connectivity index (χ3n) is 4.83. The fourth-order valence-electron chi connectivity index (χ4n) is 3.24. The Hall–Kier alpha value is -2.08. The molecule has 0 spiro atoms. The average Bonchev–Trinajstić information content (AvgIpc) is 2.62. The number of hydrogen-bond acceptors (Lipinski definition) is 5. The van der Waals surface area contributed by atoms with Gasteiger partial charge in [-0.1, -0.05) is 0 Å². The topological polar surface area (TPSA) is 59.1 Å². The van der Waals surface area contributed by atoms with Gasteiger partial charge in [-0.15, -0.1) is 0 Å². The summed E-state index contributed by atoms with van der Waals surface area (Å²) in [5.74, 6) is 0.528. The molecule has 2 aliphatic heterocycles. The van der Waals surface area contributed by atoms with Crippen molar-refractivity contribution in [1.82, 2.24) is 9.80 Å². The van der Waals surface area contributed by atoms with E-state index in [9.17, 15) is 9.59 Å². The van der Waals surface area contributed by atoms with Crippen LogP contribution in [0.15, 0.2) is 24.3 Å². The summed E-state index contributed by atoms with van der Waals surface area (Å²) in [7, 11) is 0. The zero-order valence-electron chi connectivity index (χ0n) is 14.9. The summed E-state index contributed by atoms with van der Waals surface area (Å²) >= 11 is 0. The molecular weight excluding hydrogens is 320 g/mol. The number of cyclic esters (lactones) is 1. The number of hydrogen-bond donors (Lipinski definition) is 0. The lowest BCUT2D eigenvalue weighted by molar-refractivity contribution is -0.150. The predicted octanol–water partition coefficient (Wildman–Crippen LogP) is 1.94. The molecular formula is C19H26N2O4. The van der Waals surface area contributed by atoms with Gasteiger partial charge in [0.05, 0.1) is 13.0 Å². The van der Waals surface area contributed by atoms with E-state index in [2.05, 4.69) is 18.7 Å². The molecule has 6 nitrogen and oxygen atoms in total. The van der Waals surface area contributed by atoms with E-state index in [4.69, 9.17) is 9.47 Å². The van der Waals surface area contributed by atoms with Crippen LogP contribution in [-0.4, -0.2) is 66.6 Å². The SMILES string of the molecule is CC(C)N1CCN(C(=O)c2ccc(OC3CCOC(=O)C3)cc2)CC1. The molecule has 1 unspecified atom stereocenters. The zero-order chi connectivity index (χ0) is 17.8. The number of carbonyl (C=O) groups is 2. The molecule has 136 valence electrons. The van der Waals surface area contributed by atoms with Crippen LogP contribution in [0.2, 0.25) is 0 Å². The Labute approximate surface area is 148 Å². The second kappa shape index (κ2) is 7.87. The van der Waals surface area contributed by atoms with Gasteiger partial charge >= 0.3 is 5.97 Å². The Kier molecular flexibility index (Phi) is 5.58. The Bertz CT molecular complexity index is 606. The van der Waals surface area contributed by atoms with Gasteiger partial charge in [0.1, 0.15) is 11.9 Å². The summed E-state index contributed by atoms with van der Waals surface area (Å²) in [6, 6.07) is 7.72. The number of carbonyl (C=O) groups excluding carboxylic acids is 2. The standard InChI is InChI=1S/C19H26N2O4/c1-14(2)20-8-10-21(11-9-20)19(23)15-3-5-16(6-4-15)25-17-7-12-24-18(22)13-17/h3-6,14,17H,7-13H2,1-2H3. The summed E-state index contributed by atoms with van der Waals surface area (Å²) in [6.45, 7) is 8.14. The molecule has 1 aromatic carbocycles. The van der Waals surface area contributed by atoms with Crippen molar-refractivity contribution in [2.45, 2.75) is 38.8 Å². The van der Waals surface area contributed by atoms with E-state index in [0.717, 1.165) is 26.2 Å². The molecule has 2 aliphatic rings. The molecule has 1 atom stereocenters. The second-order valence-corrected chi connectivity index (χ2v) is 6.90. The number of esters is 1. The lowest BCUT2D eigenvalue weighted by Gasteiger charge is -2.37. The predicted molar refractivity (Wildman–Crippen MR) is 93.7 cm³/mol. The average molecular weight is 346 g/mol. The van der Waals surface area contributed by atoms with Crippen molar-refractivity contribution < 1.29 is 19.1 Å². The molecule has 0 saturated carbocycles. The first-order chi connectivity index (χ1) is 12.0. The minimum absolute atomic E-state index is 0.0659. The highest BCUT2D eigenvalue weighted by atomic mass is 16.5. The molecule has 0 bridgehead atoms. The van der Waals surface area contributed by atoms with E-state index in [1.54, 1.807) is 24.3 Å². The van der Waals surface area contributed by atoms with Crippen molar-refractivity contribution >= 4 is 11.9 Å². The highest BCUT2D eigenvalue weighted by molar-refractivity contribution is 5.94. The van der Waals surface area contributed by atoms with Crippen molar-refractivity contribution in [3.63, 3.8) is 0 Å². The molecule has 6 heteroatoms. The third-order valence-corrected chi connectivity index (χ3v) is 4.83. The van der Waals surface area contributed by atoms with Crippen LogP contribution >= 0.6 is 0 Å². The molecule has 1 aromatic rings.